The first-order valence-corrected chi connectivity index (χ1v) is 6.58. The quantitative estimate of drug-likeness (QED) is 0.498. The number of nitrogens with zero attached hydrogens (tertiary/aromatic N) is 1. The van der Waals surface area contributed by atoms with E-state index < -0.39 is 0 Å². The number of hydrogen-bond donors (Lipinski definition) is 0. The zero-order valence-corrected chi connectivity index (χ0v) is 10.9. The molecule has 0 N–H and O–H groups in total. The molecule has 0 aliphatic heterocycles. The van der Waals surface area contributed by atoms with Crippen LogP contribution in [0.5, 0.6) is 0 Å². The van der Waals surface area contributed by atoms with E-state index in [0.717, 1.165) is 44.6 Å². The minimum Gasteiger partial charge on any atom is -0.385 e. The van der Waals surface area contributed by atoms with Gasteiger partial charge < -0.3 is 14.0 Å². The SMILES string of the molecule is COCCCOCCn1ccc(C(=O)C2CC2)c1. The van der Waals surface area contributed by atoms with Crippen LogP contribution >= 0.6 is 0 Å². The number of aromatic nitrogens is 1. The summed E-state index contributed by atoms with van der Waals surface area (Å²) in [5.41, 5.74) is 0.844. The van der Waals surface area contributed by atoms with Crippen molar-refractivity contribution in [1.29, 1.82) is 0 Å². The van der Waals surface area contributed by atoms with Gasteiger partial charge in [0.15, 0.2) is 5.78 Å². The molecule has 0 radical (unpaired) electrons. The van der Waals surface area contributed by atoms with Gasteiger partial charge in [0.1, 0.15) is 0 Å². The summed E-state index contributed by atoms with van der Waals surface area (Å²) in [6.45, 7) is 2.94. The Balaban J connectivity index is 1.65. The predicted molar refractivity (Wildman–Crippen MR) is 68.8 cm³/mol. The predicted octanol–water partition coefficient (Wildman–Crippen LogP) is 2.13. The van der Waals surface area contributed by atoms with E-state index in [1.165, 1.54) is 0 Å². The molecule has 1 aliphatic carbocycles. The zero-order chi connectivity index (χ0) is 12.8. The van der Waals surface area contributed by atoms with E-state index >= 15 is 0 Å². The van der Waals surface area contributed by atoms with Crippen molar-refractivity contribution in [3.63, 3.8) is 0 Å². The summed E-state index contributed by atoms with van der Waals surface area (Å²) in [7, 11) is 1.69. The number of carbonyl (C=O) groups excluding carboxylic acids is 1. The number of carbonyl (C=O) groups is 1. The number of rotatable bonds is 9. The molecule has 4 heteroatoms. The number of Topliss-reactive ketones (excluding diaryl/α,β-unsaturated/α-hetero) is 1. The summed E-state index contributed by atoms with van der Waals surface area (Å²) in [5.74, 6) is 0.598. The Morgan fingerprint density at radius 1 is 1.39 bits per heavy atom. The van der Waals surface area contributed by atoms with Gasteiger partial charge >= 0.3 is 0 Å². The van der Waals surface area contributed by atoms with E-state index in [4.69, 9.17) is 9.47 Å². The number of ketones is 1. The van der Waals surface area contributed by atoms with Crippen LogP contribution in [0, 0.1) is 5.92 Å². The molecule has 0 bridgehead atoms. The van der Waals surface area contributed by atoms with Crippen molar-refractivity contribution in [2.75, 3.05) is 26.9 Å². The average Bonchev–Trinajstić information content (AvgIpc) is 3.12. The summed E-state index contributed by atoms with van der Waals surface area (Å²) in [6, 6.07) is 1.91. The molecule has 0 saturated heterocycles. The molecular formula is C14H21NO3. The highest BCUT2D eigenvalue weighted by atomic mass is 16.5. The molecule has 1 fully saturated rings. The highest BCUT2D eigenvalue weighted by Crippen LogP contribution is 2.32. The topological polar surface area (TPSA) is 40.5 Å². The van der Waals surface area contributed by atoms with E-state index in [2.05, 4.69) is 0 Å². The fraction of sp³-hybridized carbons (Fsp3) is 0.643. The van der Waals surface area contributed by atoms with Gasteiger partial charge in [-0.15, -0.1) is 0 Å². The molecule has 1 saturated carbocycles. The largest absolute Gasteiger partial charge is 0.385 e. The summed E-state index contributed by atoms with van der Waals surface area (Å²) in [4.78, 5) is 11.8. The molecule has 1 aromatic rings. The molecule has 18 heavy (non-hydrogen) atoms. The van der Waals surface area contributed by atoms with Crippen LogP contribution in [-0.4, -0.2) is 37.3 Å². The summed E-state index contributed by atoms with van der Waals surface area (Å²) < 4.78 is 12.4. The fourth-order valence-electron chi connectivity index (χ4n) is 1.88. The first kappa shape index (κ1) is 13.3. The molecule has 1 aromatic heterocycles. The molecule has 1 heterocycles. The Morgan fingerprint density at radius 3 is 2.94 bits per heavy atom. The first-order valence-electron chi connectivity index (χ1n) is 6.58. The normalized spacial score (nSPS) is 14.9. The van der Waals surface area contributed by atoms with Crippen LogP contribution in [0.2, 0.25) is 0 Å². The molecule has 0 amide bonds. The van der Waals surface area contributed by atoms with Gasteiger partial charge in [-0.25, -0.2) is 0 Å². The highest BCUT2D eigenvalue weighted by Gasteiger charge is 2.30. The van der Waals surface area contributed by atoms with Crippen molar-refractivity contribution in [2.24, 2.45) is 5.92 Å². The Morgan fingerprint density at radius 2 is 2.22 bits per heavy atom. The molecule has 4 nitrogen and oxygen atoms in total. The van der Waals surface area contributed by atoms with Crippen LogP contribution < -0.4 is 0 Å². The minimum atomic E-state index is 0.297. The molecular weight excluding hydrogens is 230 g/mol. The maximum absolute atomic E-state index is 11.8. The lowest BCUT2D eigenvalue weighted by Crippen LogP contribution is -2.07. The van der Waals surface area contributed by atoms with E-state index in [1.54, 1.807) is 7.11 Å². The van der Waals surface area contributed by atoms with Gasteiger partial charge in [-0.1, -0.05) is 0 Å². The van der Waals surface area contributed by atoms with E-state index in [9.17, 15) is 4.79 Å². The van der Waals surface area contributed by atoms with Gasteiger partial charge in [-0.05, 0) is 25.3 Å². The van der Waals surface area contributed by atoms with Gasteiger partial charge in [0, 0.05) is 50.7 Å². The second kappa shape index (κ2) is 6.71. The van der Waals surface area contributed by atoms with Crippen LogP contribution in [0.1, 0.15) is 29.6 Å². The van der Waals surface area contributed by atoms with Crippen LogP contribution in [0.3, 0.4) is 0 Å². The lowest BCUT2D eigenvalue weighted by atomic mass is 10.1. The molecule has 0 unspecified atom stereocenters. The van der Waals surface area contributed by atoms with Gasteiger partial charge in [0.05, 0.1) is 6.61 Å². The van der Waals surface area contributed by atoms with Crippen LogP contribution in [0.25, 0.3) is 0 Å². The van der Waals surface area contributed by atoms with Crippen LogP contribution in [0.15, 0.2) is 18.5 Å². The fourth-order valence-corrected chi connectivity index (χ4v) is 1.88. The maximum atomic E-state index is 11.8. The molecule has 0 aromatic carbocycles. The lowest BCUT2D eigenvalue weighted by molar-refractivity contribution is 0.0959. The number of methoxy groups -OCH3 is 1. The van der Waals surface area contributed by atoms with Crippen molar-refractivity contribution in [2.45, 2.75) is 25.8 Å². The minimum absolute atomic E-state index is 0.297. The Kier molecular flexibility index (Phi) is 4.96. The summed E-state index contributed by atoms with van der Waals surface area (Å²) >= 11 is 0. The monoisotopic (exact) mass is 251 g/mol. The molecule has 0 atom stereocenters. The first-order chi connectivity index (χ1) is 8.81. The smallest absolute Gasteiger partial charge is 0.167 e. The van der Waals surface area contributed by atoms with Gasteiger partial charge in [0.25, 0.3) is 0 Å². The van der Waals surface area contributed by atoms with Crippen LogP contribution in [-0.2, 0) is 16.0 Å². The van der Waals surface area contributed by atoms with Crippen molar-refractivity contribution in [1.82, 2.24) is 4.57 Å². The second-order valence-corrected chi connectivity index (χ2v) is 4.74. The Bertz CT molecular complexity index is 382. The van der Waals surface area contributed by atoms with Gasteiger partial charge in [0.2, 0.25) is 0 Å². The highest BCUT2D eigenvalue weighted by molar-refractivity contribution is 5.99. The van der Waals surface area contributed by atoms with E-state index in [1.807, 2.05) is 23.0 Å². The maximum Gasteiger partial charge on any atom is 0.167 e. The third kappa shape index (κ3) is 3.96. The van der Waals surface area contributed by atoms with Crippen LogP contribution in [0.4, 0.5) is 0 Å². The van der Waals surface area contributed by atoms with Crippen molar-refractivity contribution in [3.05, 3.63) is 24.0 Å². The number of ether oxygens (including phenoxy) is 2. The molecule has 2 rings (SSSR count). The van der Waals surface area contributed by atoms with Crippen molar-refractivity contribution < 1.29 is 14.3 Å². The second-order valence-electron chi connectivity index (χ2n) is 4.74. The Labute approximate surface area is 108 Å². The average molecular weight is 251 g/mol. The van der Waals surface area contributed by atoms with Crippen molar-refractivity contribution >= 4 is 5.78 Å². The summed E-state index contributed by atoms with van der Waals surface area (Å²) in [5, 5.41) is 0. The van der Waals surface area contributed by atoms with Gasteiger partial charge in [-0.3, -0.25) is 4.79 Å². The third-order valence-electron chi connectivity index (χ3n) is 3.11. The summed E-state index contributed by atoms with van der Waals surface area (Å²) in [6.07, 6.45) is 6.93. The van der Waals surface area contributed by atoms with E-state index in [0.29, 0.717) is 18.3 Å². The molecule has 0 spiro atoms. The Hall–Kier alpha value is -1.13. The number of hydrogen-bond acceptors (Lipinski definition) is 3. The molecule has 100 valence electrons. The van der Waals surface area contributed by atoms with E-state index in [-0.39, 0.29) is 0 Å². The zero-order valence-electron chi connectivity index (χ0n) is 10.9. The van der Waals surface area contributed by atoms with Gasteiger partial charge in [-0.2, -0.15) is 0 Å². The molecule has 1 aliphatic rings. The third-order valence-corrected chi connectivity index (χ3v) is 3.11. The standard InChI is InChI=1S/C14H21NO3/c1-17-8-2-9-18-10-7-15-6-5-13(11-15)14(16)12-3-4-12/h5-6,11-12H,2-4,7-10H2,1H3. The lowest BCUT2D eigenvalue weighted by Gasteiger charge is -2.04. The van der Waals surface area contributed by atoms with Crippen molar-refractivity contribution in [3.8, 4) is 0 Å².